The lowest BCUT2D eigenvalue weighted by molar-refractivity contribution is 0.0819. The topological polar surface area (TPSA) is 55.4 Å². The van der Waals surface area contributed by atoms with Gasteiger partial charge in [-0.3, -0.25) is 9.59 Å². The second-order valence-corrected chi connectivity index (χ2v) is 7.74. The van der Waals surface area contributed by atoms with Gasteiger partial charge in [-0.1, -0.05) is 84.9 Å². The monoisotopic (exact) mass is 419 g/mol. The fraction of sp³-hybridized carbons (Fsp3) is 0.0714. The third-order valence-corrected chi connectivity index (χ3v) is 5.74. The smallest absolute Gasteiger partial charge is 0.201 e. The molecule has 0 bridgehead atoms. The Balaban J connectivity index is 1.45. The van der Waals surface area contributed by atoms with Gasteiger partial charge in [-0.15, -0.1) is 0 Å². The molecule has 0 aliphatic heterocycles. The lowest BCUT2D eigenvalue weighted by atomic mass is 9.84. The van der Waals surface area contributed by atoms with Gasteiger partial charge in [0.05, 0.1) is 0 Å². The first kappa shape index (κ1) is 19.8. The molecule has 0 spiro atoms. The number of anilines is 1. The van der Waals surface area contributed by atoms with Crippen LogP contribution in [0, 0.1) is 0 Å². The van der Waals surface area contributed by atoms with Crippen molar-refractivity contribution in [1.29, 1.82) is 0 Å². The van der Waals surface area contributed by atoms with Crippen LogP contribution in [0.1, 0.15) is 31.8 Å². The molecule has 32 heavy (non-hydrogen) atoms. The quantitative estimate of drug-likeness (QED) is 0.410. The van der Waals surface area contributed by atoms with Crippen molar-refractivity contribution in [2.45, 2.75) is 12.1 Å². The Morgan fingerprint density at radius 3 is 1.75 bits per heavy atom. The van der Waals surface area contributed by atoms with Crippen molar-refractivity contribution in [1.82, 2.24) is 0 Å². The summed E-state index contributed by atoms with van der Waals surface area (Å²) in [5.41, 5.74) is 1.76. The number of carbonyl (C=O) groups is 2. The second-order valence-electron chi connectivity index (χ2n) is 7.74. The summed E-state index contributed by atoms with van der Waals surface area (Å²) in [6, 6.07) is 33.4. The first-order valence-electron chi connectivity index (χ1n) is 10.5. The molecule has 0 heterocycles. The number of carbonyl (C=O) groups excluding carboxylic acids is 2. The number of fused-ring (bicyclic) bond motifs is 1. The summed E-state index contributed by atoms with van der Waals surface area (Å²) < 4.78 is 5.86. The highest BCUT2D eigenvalue weighted by atomic mass is 16.5. The van der Waals surface area contributed by atoms with Crippen LogP contribution in [0.25, 0.3) is 0 Å². The molecular formula is C28H21NO3. The summed E-state index contributed by atoms with van der Waals surface area (Å²) in [6.07, 6.45) is 0. The minimum absolute atomic E-state index is 0.242. The Labute approximate surface area is 186 Å². The maximum Gasteiger partial charge on any atom is 0.201 e. The minimum atomic E-state index is -1.49. The van der Waals surface area contributed by atoms with Crippen molar-refractivity contribution in [2.75, 3.05) is 5.32 Å². The zero-order chi connectivity index (χ0) is 22.0. The molecule has 0 atom stereocenters. The molecule has 5 rings (SSSR count). The molecule has 0 radical (unpaired) electrons. The molecule has 4 nitrogen and oxygen atoms in total. The summed E-state index contributed by atoms with van der Waals surface area (Å²) in [7, 11) is 0. The fourth-order valence-electron chi connectivity index (χ4n) is 4.11. The fourth-order valence-corrected chi connectivity index (χ4v) is 4.11. The normalized spacial score (nSPS) is 14.1. The molecule has 0 fully saturated rings. The van der Waals surface area contributed by atoms with E-state index in [4.69, 9.17) is 4.74 Å². The molecule has 1 N–H and O–H groups in total. The van der Waals surface area contributed by atoms with Gasteiger partial charge in [0.25, 0.3) is 0 Å². The van der Waals surface area contributed by atoms with Gasteiger partial charge in [0.15, 0.2) is 5.54 Å². The van der Waals surface area contributed by atoms with E-state index < -0.39 is 5.54 Å². The van der Waals surface area contributed by atoms with Crippen LogP contribution in [-0.2, 0) is 12.1 Å². The minimum Gasteiger partial charge on any atom is -0.489 e. The molecule has 0 saturated heterocycles. The van der Waals surface area contributed by atoms with Crippen LogP contribution in [0.4, 0.5) is 5.69 Å². The van der Waals surface area contributed by atoms with Crippen molar-refractivity contribution >= 4 is 17.3 Å². The highest BCUT2D eigenvalue weighted by molar-refractivity contribution is 6.34. The van der Waals surface area contributed by atoms with E-state index in [1.54, 1.807) is 24.3 Å². The van der Waals surface area contributed by atoms with Gasteiger partial charge in [0, 0.05) is 16.8 Å². The van der Waals surface area contributed by atoms with Gasteiger partial charge in [-0.2, -0.15) is 0 Å². The zero-order valence-corrected chi connectivity index (χ0v) is 17.3. The number of ether oxygens (including phenoxy) is 1. The highest BCUT2D eigenvalue weighted by Gasteiger charge is 2.54. The van der Waals surface area contributed by atoms with Crippen molar-refractivity contribution in [3.05, 3.63) is 131 Å². The molecule has 0 saturated carbocycles. The van der Waals surface area contributed by atoms with Crippen LogP contribution in [0.5, 0.6) is 5.75 Å². The van der Waals surface area contributed by atoms with Crippen LogP contribution in [-0.4, -0.2) is 11.6 Å². The molecule has 4 aromatic carbocycles. The largest absolute Gasteiger partial charge is 0.489 e. The predicted octanol–water partition coefficient (Wildman–Crippen LogP) is 5.65. The summed E-state index contributed by atoms with van der Waals surface area (Å²) in [6.45, 7) is 0.466. The molecule has 4 heteroatoms. The van der Waals surface area contributed by atoms with Crippen LogP contribution in [0.2, 0.25) is 0 Å². The molecule has 0 aromatic heterocycles. The zero-order valence-electron chi connectivity index (χ0n) is 17.3. The summed E-state index contributed by atoms with van der Waals surface area (Å²) in [4.78, 5) is 27.1. The summed E-state index contributed by atoms with van der Waals surface area (Å²) in [5, 5.41) is 3.26. The van der Waals surface area contributed by atoms with Crippen molar-refractivity contribution in [3.8, 4) is 5.75 Å². The van der Waals surface area contributed by atoms with E-state index in [1.165, 1.54) is 0 Å². The number of rotatable bonds is 6. The number of ketones is 2. The first-order valence-corrected chi connectivity index (χ1v) is 10.5. The van der Waals surface area contributed by atoms with Crippen LogP contribution in [0.3, 0.4) is 0 Å². The number of Topliss-reactive ketones (excluding diaryl/α,β-unsaturated/α-hetero) is 2. The van der Waals surface area contributed by atoms with Gasteiger partial charge in [-0.05, 0) is 35.4 Å². The number of hydrogen-bond acceptors (Lipinski definition) is 4. The molecule has 1 aliphatic carbocycles. The molecule has 0 unspecified atom stereocenters. The van der Waals surface area contributed by atoms with Gasteiger partial charge in [-0.25, -0.2) is 0 Å². The third-order valence-electron chi connectivity index (χ3n) is 5.74. The Hall–Kier alpha value is -4.18. The molecule has 156 valence electrons. The van der Waals surface area contributed by atoms with Crippen LogP contribution >= 0.6 is 0 Å². The Morgan fingerprint density at radius 2 is 1.16 bits per heavy atom. The maximum absolute atomic E-state index is 13.6. The lowest BCUT2D eigenvalue weighted by Gasteiger charge is -2.29. The van der Waals surface area contributed by atoms with Crippen molar-refractivity contribution in [2.24, 2.45) is 0 Å². The van der Waals surface area contributed by atoms with E-state index in [1.807, 2.05) is 84.9 Å². The van der Waals surface area contributed by atoms with Gasteiger partial charge >= 0.3 is 0 Å². The van der Waals surface area contributed by atoms with E-state index >= 15 is 0 Å². The van der Waals surface area contributed by atoms with Crippen LogP contribution < -0.4 is 10.1 Å². The Bertz CT molecular complexity index is 1230. The molecular weight excluding hydrogens is 398 g/mol. The molecule has 4 aromatic rings. The highest BCUT2D eigenvalue weighted by Crippen LogP contribution is 2.40. The standard InChI is InChI=1S/C28H21NO3/c30-26-24-13-7-8-14-25(24)27(31)28(26,21-11-5-2-6-12-21)29-22-15-17-23(18-16-22)32-19-20-9-3-1-4-10-20/h1-18,29H,19H2. The van der Waals surface area contributed by atoms with E-state index in [-0.39, 0.29) is 11.6 Å². The lowest BCUT2D eigenvalue weighted by Crippen LogP contribution is -2.46. The second kappa shape index (κ2) is 8.16. The summed E-state index contributed by atoms with van der Waals surface area (Å²) >= 11 is 0. The number of benzene rings is 4. The van der Waals surface area contributed by atoms with E-state index in [2.05, 4.69) is 5.32 Å². The van der Waals surface area contributed by atoms with Crippen molar-refractivity contribution < 1.29 is 14.3 Å². The molecule has 1 aliphatic rings. The predicted molar refractivity (Wildman–Crippen MR) is 124 cm³/mol. The van der Waals surface area contributed by atoms with E-state index in [9.17, 15) is 9.59 Å². The molecule has 0 amide bonds. The van der Waals surface area contributed by atoms with Crippen LogP contribution in [0.15, 0.2) is 109 Å². The SMILES string of the molecule is O=C1c2ccccc2C(=O)C1(Nc1ccc(OCc2ccccc2)cc1)c1ccccc1. The van der Waals surface area contributed by atoms with Crippen molar-refractivity contribution in [3.63, 3.8) is 0 Å². The van der Waals surface area contributed by atoms with Gasteiger partial charge in [0.2, 0.25) is 11.6 Å². The third kappa shape index (κ3) is 3.36. The average Bonchev–Trinajstić information content (AvgIpc) is 3.07. The Morgan fingerprint density at radius 1 is 0.625 bits per heavy atom. The van der Waals surface area contributed by atoms with E-state index in [0.717, 1.165) is 5.56 Å². The first-order chi connectivity index (χ1) is 15.7. The van der Waals surface area contributed by atoms with E-state index in [0.29, 0.717) is 34.7 Å². The maximum atomic E-state index is 13.6. The Kier molecular flexibility index (Phi) is 5.04. The van der Waals surface area contributed by atoms with Gasteiger partial charge in [0.1, 0.15) is 12.4 Å². The summed E-state index contributed by atoms with van der Waals surface area (Å²) in [5.74, 6) is 0.225. The van der Waals surface area contributed by atoms with Gasteiger partial charge < -0.3 is 10.1 Å². The number of nitrogens with one attached hydrogen (secondary N) is 1. The number of hydrogen-bond donors (Lipinski definition) is 1. The average molecular weight is 419 g/mol.